The summed E-state index contributed by atoms with van der Waals surface area (Å²) < 4.78 is 11.5. The molecule has 18 heavy (non-hydrogen) atoms. The molecule has 0 bridgehead atoms. The largest absolute Gasteiger partial charge is 0.367 e. The van der Waals surface area contributed by atoms with Crippen LogP contribution >= 0.6 is 0 Å². The highest BCUT2D eigenvalue weighted by Crippen LogP contribution is 2.66. The Kier molecular flexibility index (Phi) is 2.15. The van der Waals surface area contributed by atoms with E-state index in [9.17, 15) is 5.11 Å². The molecule has 1 spiro atoms. The number of allylic oxidation sites excluding steroid dienone is 1. The number of rotatable bonds is 0. The fraction of sp³-hybridized carbons (Fsp3) is 0.867. The lowest BCUT2D eigenvalue weighted by Crippen LogP contribution is -2.53. The first-order valence-electron chi connectivity index (χ1n) is 7.20. The Bertz CT molecular complexity index is 414. The van der Waals surface area contributed by atoms with Gasteiger partial charge < -0.3 is 14.6 Å². The average Bonchev–Trinajstić information content (AvgIpc) is 2.83. The molecule has 0 aromatic heterocycles. The molecule has 1 N–H and O–H groups in total. The van der Waals surface area contributed by atoms with Crippen LogP contribution in [0, 0.1) is 22.7 Å². The fourth-order valence-electron chi connectivity index (χ4n) is 5.25. The smallest absolute Gasteiger partial charge is 0.168 e. The summed E-state index contributed by atoms with van der Waals surface area (Å²) in [7, 11) is 0. The van der Waals surface area contributed by atoms with Crippen molar-refractivity contribution in [2.24, 2.45) is 22.7 Å². The second kappa shape index (κ2) is 3.38. The van der Waals surface area contributed by atoms with Crippen molar-refractivity contribution in [3.05, 3.63) is 11.6 Å². The highest BCUT2D eigenvalue weighted by atomic mass is 16.7. The lowest BCUT2D eigenvalue weighted by Gasteiger charge is -2.55. The van der Waals surface area contributed by atoms with Crippen LogP contribution in [-0.4, -0.2) is 24.3 Å². The predicted molar refractivity (Wildman–Crippen MR) is 66.6 cm³/mol. The van der Waals surface area contributed by atoms with Crippen LogP contribution in [0.4, 0.5) is 0 Å². The third-order valence-electron chi connectivity index (χ3n) is 6.03. The quantitative estimate of drug-likeness (QED) is 0.671. The fourth-order valence-corrected chi connectivity index (χ4v) is 5.25. The number of hydrogen-bond acceptors (Lipinski definition) is 3. The summed E-state index contributed by atoms with van der Waals surface area (Å²) in [4.78, 5) is 0. The molecule has 2 aliphatic carbocycles. The number of hydrogen-bond donors (Lipinski definition) is 1. The van der Waals surface area contributed by atoms with Gasteiger partial charge in [-0.15, -0.1) is 0 Å². The minimum absolute atomic E-state index is 0.0764. The molecule has 2 aliphatic heterocycles. The molecule has 2 saturated heterocycles. The van der Waals surface area contributed by atoms with Crippen molar-refractivity contribution in [2.45, 2.75) is 52.1 Å². The van der Waals surface area contributed by atoms with E-state index in [1.54, 1.807) is 0 Å². The minimum Gasteiger partial charge on any atom is -0.367 e. The molecule has 0 radical (unpaired) electrons. The molecule has 4 rings (SSSR count). The van der Waals surface area contributed by atoms with Crippen molar-refractivity contribution in [3.63, 3.8) is 0 Å². The van der Waals surface area contributed by atoms with E-state index in [4.69, 9.17) is 9.47 Å². The van der Waals surface area contributed by atoms with Gasteiger partial charge in [-0.25, -0.2) is 0 Å². The SMILES string of the molecule is CC1(C)CCC[C@]23[C@H](O)O[C@@H]4OCC(=CC[C@@H]12)[C@@H]43. The Balaban J connectivity index is 1.86. The molecule has 1 saturated carbocycles. The Morgan fingerprint density at radius 2 is 2.17 bits per heavy atom. The van der Waals surface area contributed by atoms with Gasteiger partial charge in [0.15, 0.2) is 12.6 Å². The Labute approximate surface area is 108 Å². The monoisotopic (exact) mass is 250 g/mol. The normalized spacial score (nSPS) is 52.7. The first-order valence-corrected chi connectivity index (χ1v) is 7.20. The van der Waals surface area contributed by atoms with E-state index < -0.39 is 6.29 Å². The van der Waals surface area contributed by atoms with Gasteiger partial charge in [-0.05, 0) is 36.2 Å². The summed E-state index contributed by atoms with van der Waals surface area (Å²) in [6, 6.07) is 0. The third kappa shape index (κ3) is 1.16. The van der Waals surface area contributed by atoms with Crippen molar-refractivity contribution in [3.8, 4) is 0 Å². The predicted octanol–water partition coefficient (Wildman–Crippen LogP) is 2.45. The summed E-state index contributed by atoms with van der Waals surface area (Å²) >= 11 is 0. The van der Waals surface area contributed by atoms with E-state index in [0.29, 0.717) is 23.9 Å². The van der Waals surface area contributed by atoms with Crippen molar-refractivity contribution in [2.75, 3.05) is 6.61 Å². The topological polar surface area (TPSA) is 38.7 Å². The molecular formula is C15H22O3. The maximum Gasteiger partial charge on any atom is 0.168 e. The summed E-state index contributed by atoms with van der Waals surface area (Å²) in [5.41, 5.74) is 1.60. The van der Waals surface area contributed by atoms with Crippen molar-refractivity contribution < 1.29 is 14.6 Å². The molecule has 0 unspecified atom stereocenters. The van der Waals surface area contributed by atoms with Crippen LogP contribution in [0.5, 0.6) is 0 Å². The summed E-state index contributed by atoms with van der Waals surface area (Å²) in [5, 5.41) is 10.5. The lowest BCUT2D eigenvalue weighted by molar-refractivity contribution is -0.213. The third-order valence-corrected chi connectivity index (χ3v) is 6.03. The molecule has 3 fully saturated rings. The van der Waals surface area contributed by atoms with Crippen molar-refractivity contribution in [1.82, 2.24) is 0 Å². The van der Waals surface area contributed by atoms with Crippen LogP contribution in [0.25, 0.3) is 0 Å². The molecule has 0 aromatic carbocycles. The molecule has 3 nitrogen and oxygen atoms in total. The van der Waals surface area contributed by atoms with Gasteiger partial charge in [0.2, 0.25) is 0 Å². The lowest BCUT2D eigenvalue weighted by atomic mass is 9.48. The summed E-state index contributed by atoms with van der Waals surface area (Å²) in [6.07, 6.45) is 6.15. The van der Waals surface area contributed by atoms with Crippen molar-refractivity contribution in [1.29, 1.82) is 0 Å². The summed E-state index contributed by atoms with van der Waals surface area (Å²) in [6.45, 7) is 5.41. The van der Waals surface area contributed by atoms with Gasteiger partial charge in [0.05, 0.1) is 6.61 Å². The van der Waals surface area contributed by atoms with Crippen LogP contribution in [-0.2, 0) is 9.47 Å². The number of aliphatic hydroxyl groups is 1. The number of aliphatic hydroxyl groups excluding tert-OH is 1. The minimum atomic E-state index is -0.638. The van der Waals surface area contributed by atoms with Gasteiger partial charge in [-0.1, -0.05) is 26.3 Å². The molecule has 100 valence electrons. The van der Waals surface area contributed by atoms with Crippen LogP contribution in [0.15, 0.2) is 11.6 Å². The van der Waals surface area contributed by atoms with Crippen LogP contribution in [0.2, 0.25) is 0 Å². The first-order chi connectivity index (χ1) is 8.56. The van der Waals surface area contributed by atoms with E-state index in [1.165, 1.54) is 18.4 Å². The second-order valence-electron chi connectivity index (χ2n) is 7.17. The van der Waals surface area contributed by atoms with E-state index in [0.717, 1.165) is 12.8 Å². The highest BCUT2D eigenvalue weighted by Gasteiger charge is 2.67. The first kappa shape index (κ1) is 11.4. The highest BCUT2D eigenvalue weighted by molar-refractivity contribution is 5.27. The summed E-state index contributed by atoms with van der Waals surface area (Å²) in [5.74, 6) is 0.833. The van der Waals surface area contributed by atoms with Crippen LogP contribution < -0.4 is 0 Å². The van der Waals surface area contributed by atoms with E-state index in [2.05, 4.69) is 19.9 Å². The Hall–Kier alpha value is -0.380. The Morgan fingerprint density at radius 3 is 3.00 bits per heavy atom. The number of ether oxygens (including phenoxy) is 2. The molecular weight excluding hydrogens is 228 g/mol. The van der Waals surface area contributed by atoms with Gasteiger partial charge in [0, 0.05) is 11.3 Å². The zero-order valence-electron chi connectivity index (χ0n) is 11.2. The van der Waals surface area contributed by atoms with Crippen LogP contribution in [0.3, 0.4) is 0 Å². The second-order valence-corrected chi connectivity index (χ2v) is 7.17. The Morgan fingerprint density at radius 1 is 1.33 bits per heavy atom. The zero-order chi connectivity index (χ0) is 12.5. The van der Waals surface area contributed by atoms with Gasteiger partial charge >= 0.3 is 0 Å². The van der Waals surface area contributed by atoms with Gasteiger partial charge in [0.1, 0.15) is 0 Å². The van der Waals surface area contributed by atoms with E-state index in [-0.39, 0.29) is 11.7 Å². The van der Waals surface area contributed by atoms with E-state index >= 15 is 0 Å². The van der Waals surface area contributed by atoms with E-state index in [1.807, 2.05) is 0 Å². The maximum absolute atomic E-state index is 10.5. The van der Waals surface area contributed by atoms with Gasteiger partial charge in [-0.2, -0.15) is 0 Å². The standard InChI is InChI=1S/C15H22O3/c1-14(2)6-3-7-15-10(14)5-4-9-8-17-12(11(9)15)18-13(15)16/h4,10-13,16H,3,5-8H2,1-2H3/t10-,11-,12-,13+,15-/m0/s1. The van der Waals surface area contributed by atoms with Gasteiger partial charge in [0.25, 0.3) is 0 Å². The molecule has 2 heterocycles. The average molecular weight is 250 g/mol. The molecule has 0 amide bonds. The molecule has 5 atom stereocenters. The molecule has 4 aliphatic rings. The maximum atomic E-state index is 10.5. The molecule has 3 heteroatoms. The van der Waals surface area contributed by atoms with Crippen LogP contribution in [0.1, 0.15) is 39.5 Å². The van der Waals surface area contributed by atoms with Crippen molar-refractivity contribution >= 4 is 0 Å². The van der Waals surface area contributed by atoms with Gasteiger partial charge in [-0.3, -0.25) is 0 Å². The zero-order valence-corrected chi connectivity index (χ0v) is 11.2. The molecule has 0 aromatic rings.